The highest BCUT2D eigenvalue weighted by Gasteiger charge is 2.52. The monoisotopic (exact) mass is 269 g/mol. The molecule has 0 fully saturated rings. The lowest BCUT2D eigenvalue weighted by Crippen LogP contribution is -2.39. The lowest BCUT2D eigenvalue weighted by atomic mass is 9.97. The average molecular weight is 270 g/mol. The molecule has 1 aromatic rings. The van der Waals surface area contributed by atoms with Crippen LogP contribution >= 0.6 is 15.9 Å². The molecular formula is C8H7BrF3NO. The van der Waals surface area contributed by atoms with E-state index in [9.17, 15) is 18.3 Å². The molecule has 1 heterocycles. The molecule has 0 aliphatic heterocycles. The Hall–Kier alpha value is -0.620. The largest absolute Gasteiger partial charge is 0.421 e. The number of alkyl halides is 3. The van der Waals surface area contributed by atoms with E-state index in [1.165, 1.54) is 18.3 Å². The van der Waals surface area contributed by atoms with Gasteiger partial charge in [-0.25, -0.2) is 4.98 Å². The normalized spacial score (nSPS) is 16.4. The molecule has 0 saturated carbocycles. The molecule has 6 heteroatoms. The summed E-state index contributed by atoms with van der Waals surface area (Å²) in [6.07, 6.45) is -3.39. The van der Waals surface area contributed by atoms with Crippen LogP contribution in [0, 0.1) is 0 Å². The summed E-state index contributed by atoms with van der Waals surface area (Å²) in [6.45, 7) is 0.689. The smallest absolute Gasteiger partial charge is 0.376 e. The van der Waals surface area contributed by atoms with Crippen molar-refractivity contribution >= 4 is 15.9 Å². The Bertz CT molecular complexity index is 338. The fourth-order valence-corrected chi connectivity index (χ4v) is 1.54. The van der Waals surface area contributed by atoms with Gasteiger partial charge in [0.05, 0.1) is 0 Å². The maximum absolute atomic E-state index is 12.4. The van der Waals surface area contributed by atoms with E-state index in [0.29, 0.717) is 6.92 Å². The van der Waals surface area contributed by atoms with E-state index < -0.39 is 11.8 Å². The number of halogens is 4. The first-order valence-electron chi connectivity index (χ1n) is 3.67. The van der Waals surface area contributed by atoms with Gasteiger partial charge in [-0.1, -0.05) is 6.07 Å². The van der Waals surface area contributed by atoms with E-state index in [4.69, 9.17) is 0 Å². The Kier molecular flexibility index (Phi) is 2.87. The molecule has 0 bridgehead atoms. The van der Waals surface area contributed by atoms with Crippen molar-refractivity contribution in [3.63, 3.8) is 0 Å². The molecule has 0 saturated heterocycles. The molecule has 0 aromatic carbocycles. The zero-order valence-electron chi connectivity index (χ0n) is 7.14. The minimum atomic E-state index is -4.72. The maximum atomic E-state index is 12.4. The highest BCUT2D eigenvalue weighted by Crippen LogP contribution is 2.40. The van der Waals surface area contributed by atoms with Gasteiger partial charge >= 0.3 is 6.18 Å². The van der Waals surface area contributed by atoms with Crippen LogP contribution in [0.3, 0.4) is 0 Å². The van der Waals surface area contributed by atoms with Gasteiger partial charge in [-0.2, -0.15) is 13.2 Å². The SMILES string of the molecule is C[C@](O)(c1cccnc1Br)C(F)(F)F. The van der Waals surface area contributed by atoms with Crippen LogP contribution in [0.4, 0.5) is 13.2 Å². The molecule has 1 rings (SSSR count). The van der Waals surface area contributed by atoms with Gasteiger partial charge in [-0.15, -0.1) is 0 Å². The van der Waals surface area contributed by atoms with Crippen LogP contribution in [-0.4, -0.2) is 16.3 Å². The van der Waals surface area contributed by atoms with Gasteiger partial charge in [0.2, 0.25) is 0 Å². The second kappa shape index (κ2) is 3.51. The third kappa shape index (κ3) is 1.90. The molecule has 14 heavy (non-hydrogen) atoms. The summed E-state index contributed by atoms with van der Waals surface area (Å²) in [7, 11) is 0. The second-order valence-corrected chi connectivity index (χ2v) is 3.66. The van der Waals surface area contributed by atoms with Crippen molar-refractivity contribution < 1.29 is 18.3 Å². The number of pyridine rings is 1. The molecule has 1 aromatic heterocycles. The van der Waals surface area contributed by atoms with Gasteiger partial charge in [0.15, 0.2) is 5.60 Å². The van der Waals surface area contributed by atoms with Crippen LogP contribution in [0.25, 0.3) is 0 Å². The second-order valence-electron chi connectivity index (χ2n) is 2.91. The van der Waals surface area contributed by atoms with Gasteiger partial charge in [0.1, 0.15) is 4.60 Å². The average Bonchev–Trinajstić information content (AvgIpc) is 2.02. The van der Waals surface area contributed by atoms with Gasteiger partial charge < -0.3 is 5.11 Å². The zero-order chi connectivity index (χ0) is 11.0. The van der Waals surface area contributed by atoms with Crippen molar-refractivity contribution in [2.24, 2.45) is 0 Å². The summed E-state index contributed by atoms with van der Waals surface area (Å²) in [5.74, 6) is 0. The Morgan fingerprint density at radius 1 is 1.43 bits per heavy atom. The molecule has 0 spiro atoms. The van der Waals surface area contributed by atoms with Crippen LogP contribution in [0.2, 0.25) is 0 Å². The van der Waals surface area contributed by atoms with E-state index in [2.05, 4.69) is 20.9 Å². The van der Waals surface area contributed by atoms with Gasteiger partial charge in [0.25, 0.3) is 0 Å². The number of aliphatic hydroxyl groups is 1. The fourth-order valence-electron chi connectivity index (χ4n) is 0.902. The Labute approximate surface area is 86.9 Å². The first-order valence-corrected chi connectivity index (χ1v) is 4.46. The van der Waals surface area contributed by atoms with Crippen LogP contribution in [0.5, 0.6) is 0 Å². The lowest BCUT2D eigenvalue weighted by Gasteiger charge is -2.26. The van der Waals surface area contributed by atoms with E-state index in [1.54, 1.807) is 0 Å². The highest BCUT2D eigenvalue weighted by molar-refractivity contribution is 9.10. The standard InChI is InChI=1S/C8H7BrF3NO/c1-7(14,8(10,11)12)5-3-2-4-13-6(5)9/h2-4,14H,1H3/t7-/m0/s1. The van der Waals surface area contributed by atoms with Gasteiger partial charge in [0, 0.05) is 11.8 Å². The Morgan fingerprint density at radius 2 is 2.00 bits per heavy atom. The summed E-state index contributed by atoms with van der Waals surface area (Å²) in [5, 5.41) is 9.31. The molecule has 1 atom stereocenters. The summed E-state index contributed by atoms with van der Waals surface area (Å²) in [6, 6.07) is 2.50. The molecule has 0 radical (unpaired) electrons. The Morgan fingerprint density at radius 3 is 2.43 bits per heavy atom. The predicted octanol–water partition coefficient (Wildman–Crippen LogP) is 2.61. The lowest BCUT2D eigenvalue weighted by molar-refractivity contribution is -0.259. The molecular weight excluding hydrogens is 263 g/mol. The minimum absolute atomic E-state index is 0.0117. The third-order valence-electron chi connectivity index (χ3n) is 1.84. The number of nitrogens with zero attached hydrogens (tertiary/aromatic N) is 1. The summed E-state index contributed by atoms with van der Waals surface area (Å²) in [4.78, 5) is 3.62. The van der Waals surface area contributed by atoms with E-state index >= 15 is 0 Å². The van der Waals surface area contributed by atoms with Crippen molar-refractivity contribution in [1.82, 2.24) is 4.98 Å². The fraction of sp³-hybridized carbons (Fsp3) is 0.375. The van der Waals surface area contributed by atoms with Crippen LogP contribution < -0.4 is 0 Å². The first kappa shape index (κ1) is 11.5. The molecule has 2 nitrogen and oxygen atoms in total. The van der Waals surface area contributed by atoms with Crippen molar-refractivity contribution in [3.8, 4) is 0 Å². The molecule has 0 aliphatic rings. The number of aromatic nitrogens is 1. The summed E-state index contributed by atoms with van der Waals surface area (Å²) >= 11 is 2.85. The molecule has 0 amide bonds. The van der Waals surface area contributed by atoms with E-state index in [0.717, 1.165) is 0 Å². The zero-order valence-corrected chi connectivity index (χ0v) is 8.72. The van der Waals surface area contributed by atoms with Crippen molar-refractivity contribution in [2.75, 3.05) is 0 Å². The van der Waals surface area contributed by atoms with Crippen LogP contribution in [0.1, 0.15) is 12.5 Å². The number of hydrogen-bond donors (Lipinski definition) is 1. The molecule has 0 aliphatic carbocycles. The number of hydrogen-bond acceptors (Lipinski definition) is 2. The minimum Gasteiger partial charge on any atom is -0.376 e. The van der Waals surface area contributed by atoms with Crippen molar-refractivity contribution in [1.29, 1.82) is 0 Å². The highest BCUT2D eigenvalue weighted by atomic mass is 79.9. The topological polar surface area (TPSA) is 33.1 Å². The van der Waals surface area contributed by atoms with E-state index in [-0.39, 0.29) is 10.2 Å². The van der Waals surface area contributed by atoms with Gasteiger partial charge in [-0.05, 0) is 28.9 Å². The predicted molar refractivity (Wildman–Crippen MR) is 47.6 cm³/mol. The summed E-state index contributed by atoms with van der Waals surface area (Å²) in [5.41, 5.74) is -3.19. The first-order chi connectivity index (χ1) is 6.27. The molecule has 78 valence electrons. The number of rotatable bonds is 1. The molecule has 0 unspecified atom stereocenters. The van der Waals surface area contributed by atoms with Gasteiger partial charge in [-0.3, -0.25) is 0 Å². The maximum Gasteiger partial charge on any atom is 0.421 e. The van der Waals surface area contributed by atoms with Crippen molar-refractivity contribution in [2.45, 2.75) is 18.7 Å². The third-order valence-corrected chi connectivity index (χ3v) is 2.47. The van der Waals surface area contributed by atoms with Crippen LogP contribution in [-0.2, 0) is 5.60 Å². The molecule has 1 N–H and O–H groups in total. The van der Waals surface area contributed by atoms with Crippen LogP contribution in [0.15, 0.2) is 22.9 Å². The summed E-state index contributed by atoms with van der Waals surface area (Å²) < 4.78 is 37.2. The quantitative estimate of drug-likeness (QED) is 0.796. The Balaban J connectivity index is 3.23. The van der Waals surface area contributed by atoms with Crippen molar-refractivity contribution in [3.05, 3.63) is 28.5 Å². The van der Waals surface area contributed by atoms with E-state index in [1.807, 2.05) is 0 Å².